The molecular weight excluding hydrogens is 527 g/mol. The van der Waals surface area contributed by atoms with Crippen LogP contribution in [0.2, 0.25) is 0 Å². The monoisotopic (exact) mass is 556 g/mol. The van der Waals surface area contributed by atoms with Gasteiger partial charge in [-0.25, -0.2) is 9.18 Å². The van der Waals surface area contributed by atoms with Gasteiger partial charge in [0.15, 0.2) is 11.4 Å². The molecule has 2 fully saturated rings. The van der Waals surface area contributed by atoms with E-state index < -0.39 is 34.7 Å². The molecule has 2 aromatic rings. The molecule has 0 unspecified atom stereocenters. The molecule has 2 aliphatic heterocycles. The molecule has 2 amide bonds. The summed E-state index contributed by atoms with van der Waals surface area (Å²) in [7, 11) is 0. The van der Waals surface area contributed by atoms with Crippen LogP contribution in [0.1, 0.15) is 54.2 Å². The number of carbonyl (C=O) groups is 2. The third-order valence-corrected chi connectivity index (χ3v) is 7.97. The van der Waals surface area contributed by atoms with E-state index >= 15 is 0 Å². The van der Waals surface area contributed by atoms with Crippen LogP contribution in [0, 0.1) is 16.6 Å². The van der Waals surface area contributed by atoms with Gasteiger partial charge in [-0.3, -0.25) is 30.1 Å². The molecule has 0 radical (unpaired) electrons. The second-order valence-corrected chi connectivity index (χ2v) is 10.9. The Kier molecular flexibility index (Phi) is 7.10. The standard InChI is InChI=1S/C26H29FN6O5S/c1-2-38-25(37)31-11-9-26(10-12-31)30-24(36)20-22(35)21(34)18(14-32(20)33(26)17-7-8-17)23(29)39-19(28)13-15-3-5-16(27)6-4-15/h3-6,14,17,28-29,35H,2,7-13H2,1H3,(H,30,36). The molecule has 1 saturated heterocycles. The summed E-state index contributed by atoms with van der Waals surface area (Å²) in [5.74, 6) is -1.76. The number of thioether (sulfide) groups is 1. The number of benzene rings is 1. The number of fused-ring (bicyclic) bond motifs is 1. The zero-order valence-corrected chi connectivity index (χ0v) is 22.1. The molecule has 1 aromatic carbocycles. The van der Waals surface area contributed by atoms with Crippen molar-refractivity contribution in [2.24, 2.45) is 0 Å². The highest BCUT2D eigenvalue weighted by atomic mass is 32.2. The van der Waals surface area contributed by atoms with Crippen LogP contribution in [0.5, 0.6) is 5.75 Å². The van der Waals surface area contributed by atoms with E-state index in [1.165, 1.54) is 23.0 Å². The van der Waals surface area contributed by atoms with Crippen LogP contribution in [0.25, 0.3) is 0 Å². The maximum absolute atomic E-state index is 13.2. The molecule has 13 heteroatoms. The second kappa shape index (κ2) is 10.4. The number of ether oxygens (including phenoxy) is 1. The van der Waals surface area contributed by atoms with Crippen LogP contribution in [-0.4, -0.2) is 68.2 Å². The first-order chi connectivity index (χ1) is 18.6. The van der Waals surface area contributed by atoms with Crippen LogP contribution in [0.15, 0.2) is 35.3 Å². The number of hydrogen-bond donors (Lipinski definition) is 4. The molecule has 39 heavy (non-hydrogen) atoms. The normalized spacial score (nSPS) is 17.9. The second-order valence-electron chi connectivity index (χ2n) is 9.82. The summed E-state index contributed by atoms with van der Waals surface area (Å²) in [6, 6.07) is 5.71. The fourth-order valence-corrected chi connectivity index (χ4v) is 5.88. The number of aromatic hydroxyl groups is 1. The Morgan fingerprint density at radius 2 is 1.87 bits per heavy atom. The first-order valence-electron chi connectivity index (χ1n) is 12.7. The lowest BCUT2D eigenvalue weighted by Crippen LogP contribution is -2.73. The average Bonchev–Trinajstić information content (AvgIpc) is 3.72. The van der Waals surface area contributed by atoms with Crippen LogP contribution in [-0.2, 0) is 11.2 Å². The van der Waals surface area contributed by atoms with E-state index in [9.17, 15) is 23.9 Å². The van der Waals surface area contributed by atoms with Crippen molar-refractivity contribution in [2.45, 2.75) is 50.7 Å². The van der Waals surface area contributed by atoms with Gasteiger partial charge in [-0.2, -0.15) is 0 Å². The largest absolute Gasteiger partial charge is 0.502 e. The van der Waals surface area contributed by atoms with Crippen molar-refractivity contribution in [3.8, 4) is 5.75 Å². The van der Waals surface area contributed by atoms with Crippen molar-refractivity contribution in [3.63, 3.8) is 0 Å². The third kappa shape index (κ3) is 5.10. The zero-order valence-electron chi connectivity index (χ0n) is 21.3. The number of likely N-dealkylation sites (tertiary alicyclic amines) is 1. The molecule has 11 nitrogen and oxygen atoms in total. The van der Waals surface area contributed by atoms with E-state index in [0.29, 0.717) is 31.5 Å². The number of amides is 2. The highest BCUT2D eigenvalue weighted by Gasteiger charge is 2.52. The van der Waals surface area contributed by atoms with E-state index in [1.54, 1.807) is 24.0 Å². The van der Waals surface area contributed by atoms with E-state index in [2.05, 4.69) is 5.32 Å². The lowest BCUT2D eigenvalue weighted by molar-refractivity contribution is 0.0570. The molecule has 206 valence electrons. The Bertz CT molecular complexity index is 1400. The molecule has 0 bridgehead atoms. The highest BCUT2D eigenvalue weighted by Crippen LogP contribution is 2.39. The summed E-state index contributed by atoms with van der Waals surface area (Å²) >= 11 is 0.758. The van der Waals surface area contributed by atoms with Crippen LogP contribution in [0.4, 0.5) is 9.18 Å². The molecule has 1 spiro atoms. The molecule has 4 N–H and O–H groups in total. The molecule has 0 atom stereocenters. The number of aromatic nitrogens is 1. The summed E-state index contributed by atoms with van der Waals surface area (Å²) in [6.07, 6.45) is 3.63. The molecule has 1 aliphatic carbocycles. The quantitative estimate of drug-likeness (QED) is 0.326. The molecule has 1 saturated carbocycles. The topological polar surface area (TPSA) is 152 Å². The summed E-state index contributed by atoms with van der Waals surface area (Å²) in [6.45, 7) is 2.70. The van der Waals surface area contributed by atoms with Gasteiger partial charge in [0.05, 0.1) is 17.2 Å². The minimum Gasteiger partial charge on any atom is -0.502 e. The molecule has 3 aliphatic rings. The minimum absolute atomic E-state index is 0.0341. The summed E-state index contributed by atoms with van der Waals surface area (Å²) < 4.78 is 19.8. The number of nitrogens with zero attached hydrogens (tertiary/aromatic N) is 3. The summed E-state index contributed by atoms with van der Waals surface area (Å²) in [5.41, 5.74) is -1.37. The number of hydrogen-bond acceptors (Lipinski definition) is 9. The smallest absolute Gasteiger partial charge is 0.409 e. The minimum atomic E-state index is -0.868. The van der Waals surface area contributed by atoms with Crippen molar-refractivity contribution in [2.75, 3.05) is 24.7 Å². The molecular formula is C26H29FN6O5S. The first kappa shape index (κ1) is 26.7. The third-order valence-electron chi connectivity index (χ3n) is 7.15. The van der Waals surface area contributed by atoms with E-state index in [1.807, 2.05) is 5.01 Å². The SMILES string of the molecule is CCOC(=O)N1CCC2(CC1)NC(=O)c1c(O)c(=O)c(C(=N)SC(=N)Cc3ccc(F)cc3)cn1N2C1CC1. The lowest BCUT2D eigenvalue weighted by Gasteiger charge is -2.53. The van der Waals surface area contributed by atoms with Gasteiger partial charge in [0.2, 0.25) is 5.43 Å². The van der Waals surface area contributed by atoms with Gasteiger partial charge in [-0.15, -0.1) is 0 Å². The predicted molar refractivity (Wildman–Crippen MR) is 144 cm³/mol. The summed E-state index contributed by atoms with van der Waals surface area (Å²) in [4.78, 5) is 40.1. The van der Waals surface area contributed by atoms with Gasteiger partial charge >= 0.3 is 6.09 Å². The number of pyridine rings is 1. The van der Waals surface area contributed by atoms with Crippen molar-refractivity contribution >= 4 is 33.8 Å². The van der Waals surface area contributed by atoms with Gasteiger partial charge < -0.3 is 20.1 Å². The van der Waals surface area contributed by atoms with Crippen LogP contribution in [0.3, 0.4) is 0 Å². The number of halogens is 1. The predicted octanol–water partition coefficient (Wildman–Crippen LogP) is 2.76. The number of piperidine rings is 1. The molecule has 1 aromatic heterocycles. The van der Waals surface area contributed by atoms with Gasteiger partial charge in [-0.05, 0) is 37.5 Å². The van der Waals surface area contributed by atoms with Crippen molar-refractivity contribution in [1.82, 2.24) is 14.9 Å². The van der Waals surface area contributed by atoms with Gasteiger partial charge in [-0.1, -0.05) is 23.9 Å². The van der Waals surface area contributed by atoms with Crippen molar-refractivity contribution in [1.29, 1.82) is 10.8 Å². The Hall–Kier alpha value is -3.87. The van der Waals surface area contributed by atoms with Gasteiger partial charge in [0.1, 0.15) is 16.5 Å². The molecule has 5 rings (SSSR count). The number of nitrogens with one attached hydrogen (secondary N) is 3. The maximum atomic E-state index is 13.2. The lowest BCUT2D eigenvalue weighted by atomic mass is 9.94. The zero-order chi connectivity index (χ0) is 27.9. The Morgan fingerprint density at radius 3 is 2.49 bits per heavy atom. The van der Waals surface area contributed by atoms with Gasteiger partial charge in [0, 0.05) is 44.6 Å². The Labute approximate surface area is 227 Å². The van der Waals surface area contributed by atoms with E-state index in [4.69, 9.17) is 15.6 Å². The van der Waals surface area contributed by atoms with E-state index in [0.717, 1.165) is 24.6 Å². The van der Waals surface area contributed by atoms with Crippen LogP contribution < -0.4 is 15.8 Å². The first-order valence-corrected chi connectivity index (χ1v) is 13.6. The van der Waals surface area contributed by atoms with Crippen LogP contribution >= 0.6 is 11.8 Å². The average molecular weight is 557 g/mol. The number of rotatable bonds is 5. The Balaban J connectivity index is 1.43. The summed E-state index contributed by atoms with van der Waals surface area (Å²) in [5, 5.41) is 32.5. The number of carbonyl (C=O) groups excluding carboxylic acids is 2. The van der Waals surface area contributed by atoms with Gasteiger partial charge in [0.25, 0.3) is 5.91 Å². The van der Waals surface area contributed by atoms with E-state index in [-0.39, 0.29) is 40.4 Å². The fraction of sp³-hybridized carbons (Fsp3) is 0.423. The molecule has 3 heterocycles. The Morgan fingerprint density at radius 1 is 1.21 bits per heavy atom. The van der Waals surface area contributed by atoms with Crippen molar-refractivity contribution in [3.05, 3.63) is 63.3 Å². The maximum Gasteiger partial charge on any atom is 0.409 e. The van der Waals surface area contributed by atoms with Crippen molar-refractivity contribution < 1.29 is 23.8 Å². The fourth-order valence-electron chi connectivity index (χ4n) is 5.14. The highest BCUT2D eigenvalue weighted by molar-refractivity contribution is 8.26.